The standard InChI is InChI=1S/C13H18BrNO/c1-9-5-12(6-10(2)13(9)14)15-4-3-11(7-15)8-16/h5-6,11,16H,3-4,7-8H2,1-2H3. The summed E-state index contributed by atoms with van der Waals surface area (Å²) in [7, 11) is 0. The maximum Gasteiger partial charge on any atom is 0.0476 e. The molecule has 0 aromatic heterocycles. The second kappa shape index (κ2) is 4.76. The highest BCUT2D eigenvalue weighted by Crippen LogP contribution is 2.30. The summed E-state index contributed by atoms with van der Waals surface area (Å²) in [5.74, 6) is 0.448. The van der Waals surface area contributed by atoms with Crippen molar-refractivity contribution in [1.82, 2.24) is 0 Å². The first-order chi connectivity index (χ1) is 7.61. The van der Waals surface area contributed by atoms with Crippen molar-refractivity contribution in [2.75, 3.05) is 24.6 Å². The lowest BCUT2D eigenvalue weighted by molar-refractivity contribution is 0.238. The van der Waals surface area contributed by atoms with Crippen molar-refractivity contribution in [2.45, 2.75) is 20.3 Å². The van der Waals surface area contributed by atoms with Gasteiger partial charge in [-0.15, -0.1) is 0 Å². The minimum Gasteiger partial charge on any atom is -0.396 e. The van der Waals surface area contributed by atoms with E-state index < -0.39 is 0 Å². The van der Waals surface area contributed by atoms with Gasteiger partial charge in [-0.25, -0.2) is 0 Å². The Hall–Kier alpha value is -0.540. The van der Waals surface area contributed by atoms with Crippen LogP contribution in [0, 0.1) is 19.8 Å². The monoisotopic (exact) mass is 283 g/mol. The van der Waals surface area contributed by atoms with Crippen LogP contribution in [0.5, 0.6) is 0 Å². The van der Waals surface area contributed by atoms with Crippen LogP contribution in [-0.2, 0) is 0 Å². The van der Waals surface area contributed by atoms with E-state index in [0.29, 0.717) is 12.5 Å². The predicted molar refractivity (Wildman–Crippen MR) is 71.0 cm³/mol. The molecule has 0 aliphatic carbocycles. The van der Waals surface area contributed by atoms with E-state index in [9.17, 15) is 0 Å². The van der Waals surface area contributed by atoms with Crippen molar-refractivity contribution < 1.29 is 5.11 Å². The van der Waals surface area contributed by atoms with Crippen molar-refractivity contribution >= 4 is 21.6 Å². The summed E-state index contributed by atoms with van der Waals surface area (Å²) < 4.78 is 1.20. The molecule has 2 nitrogen and oxygen atoms in total. The fourth-order valence-electron chi connectivity index (χ4n) is 2.32. The van der Waals surface area contributed by atoms with E-state index >= 15 is 0 Å². The van der Waals surface area contributed by atoms with Crippen LogP contribution in [0.4, 0.5) is 5.69 Å². The molecule has 1 aromatic carbocycles. The van der Waals surface area contributed by atoms with Gasteiger partial charge < -0.3 is 10.0 Å². The lowest BCUT2D eigenvalue weighted by Gasteiger charge is -2.20. The molecule has 1 aliphatic heterocycles. The molecule has 1 N–H and O–H groups in total. The van der Waals surface area contributed by atoms with Gasteiger partial charge in [0.2, 0.25) is 0 Å². The molecule has 88 valence electrons. The number of rotatable bonds is 2. The molecule has 0 spiro atoms. The highest BCUT2D eigenvalue weighted by atomic mass is 79.9. The van der Waals surface area contributed by atoms with Crippen LogP contribution in [0.3, 0.4) is 0 Å². The van der Waals surface area contributed by atoms with Crippen LogP contribution in [0.2, 0.25) is 0 Å². The Morgan fingerprint density at radius 2 is 2.00 bits per heavy atom. The molecule has 0 saturated carbocycles. The third kappa shape index (κ3) is 2.25. The molecule has 1 heterocycles. The first-order valence-electron chi connectivity index (χ1n) is 5.74. The molecule has 1 unspecified atom stereocenters. The summed E-state index contributed by atoms with van der Waals surface area (Å²) in [6.45, 7) is 6.61. The first kappa shape index (κ1) is 11.9. The molecule has 1 atom stereocenters. The van der Waals surface area contributed by atoms with Gasteiger partial charge >= 0.3 is 0 Å². The SMILES string of the molecule is Cc1cc(N2CCC(CO)C2)cc(C)c1Br. The zero-order chi connectivity index (χ0) is 11.7. The fraction of sp³-hybridized carbons (Fsp3) is 0.538. The Balaban J connectivity index is 2.22. The van der Waals surface area contributed by atoms with E-state index in [4.69, 9.17) is 5.11 Å². The lowest BCUT2D eigenvalue weighted by atomic mass is 10.1. The zero-order valence-corrected chi connectivity index (χ0v) is 11.4. The van der Waals surface area contributed by atoms with Gasteiger partial charge in [0.25, 0.3) is 0 Å². The van der Waals surface area contributed by atoms with E-state index in [-0.39, 0.29) is 0 Å². The average molecular weight is 284 g/mol. The Kier molecular flexibility index (Phi) is 3.55. The third-order valence-corrected chi connectivity index (χ3v) is 4.58. The van der Waals surface area contributed by atoms with Crippen LogP contribution in [0.1, 0.15) is 17.5 Å². The van der Waals surface area contributed by atoms with Crippen molar-refractivity contribution in [1.29, 1.82) is 0 Å². The minimum absolute atomic E-state index is 0.311. The van der Waals surface area contributed by atoms with E-state index in [2.05, 4.69) is 46.8 Å². The second-order valence-electron chi connectivity index (χ2n) is 4.68. The number of hydrogen-bond acceptors (Lipinski definition) is 2. The molecule has 2 rings (SSSR count). The molecule has 1 aromatic rings. The summed E-state index contributed by atoms with van der Waals surface area (Å²) in [6.07, 6.45) is 1.10. The van der Waals surface area contributed by atoms with Gasteiger partial charge in [-0.05, 0) is 43.5 Å². The van der Waals surface area contributed by atoms with Crippen molar-refractivity contribution in [3.05, 3.63) is 27.7 Å². The topological polar surface area (TPSA) is 23.5 Å². The fourth-order valence-corrected chi connectivity index (χ4v) is 2.55. The van der Waals surface area contributed by atoms with Crippen LogP contribution >= 0.6 is 15.9 Å². The van der Waals surface area contributed by atoms with E-state index in [1.54, 1.807) is 0 Å². The van der Waals surface area contributed by atoms with E-state index in [1.807, 2.05) is 0 Å². The molecule has 1 saturated heterocycles. The summed E-state index contributed by atoms with van der Waals surface area (Å²) in [5.41, 5.74) is 3.85. The molecule has 0 radical (unpaired) electrons. The predicted octanol–water partition coefficient (Wildman–Crippen LogP) is 2.88. The van der Waals surface area contributed by atoms with E-state index in [0.717, 1.165) is 19.5 Å². The molecule has 1 fully saturated rings. The second-order valence-corrected chi connectivity index (χ2v) is 5.47. The van der Waals surface area contributed by atoms with Crippen LogP contribution in [-0.4, -0.2) is 24.8 Å². The molecule has 0 amide bonds. The maximum absolute atomic E-state index is 9.15. The number of halogens is 1. The Labute approximate surface area is 105 Å². The van der Waals surface area contributed by atoms with Crippen LogP contribution in [0.15, 0.2) is 16.6 Å². The van der Waals surface area contributed by atoms with Crippen LogP contribution in [0.25, 0.3) is 0 Å². The summed E-state index contributed by atoms with van der Waals surface area (Å²) in [6, 6.07) is 4.44. The molecular formula is C13H18BrNO. The normalized spacial score (nSPS) is 20.5. The number of anilines is 1. The van der Waals surface area contributed by atoms with Gasteiger partial charge in [-0.1, -0.05) is 15.9 Å². The smallest absolute Gasteiger partial charge is 0.0476 e. The van der Waals surface area contributed by atoms with Crippen molar-refractivity contribution in [3.8, 4) is 0 Å². The van der Waals surface area contributed by atoms with Gasteiger partial charge in [0, 0.05) is 35.8 Å². The van der Waals surface area contributed by atoms with Crippen LogP contribution < -0.4 is 4.90 Å². The third-order valence-electron chi connectivity index (χ3n) is 3.33. The highest BCUT2D eigenvalue weighted by molar-refractivity contribution is 9.10. The van der Waals surface area contributed by atoms with Crippen molar-refractivity contribution in [2.24, 2.45) is 5.92 Å². The Bertz CT molecular complexity index is 369. The van der Waals surface area contributed by atoms with Gasteiger partial charge in [-0.3, -0.25) is 0 Å². The molecule has 3 heteroatoms. The lowest BCUT2D eigenvalue weighted by Crippen LogP contribution is -2.20. The molecule has 1 aliphatic rings. The minimum atomic E-state index is 0.311. The molecule has 16 heavy (non-hydrogen) atoms. The first-order valence-corrected chi connectivity index (χ1v) is 6.53. The summed E-state index contributed by atoms with van der Waals surface area (Å²) in [4.78, 5) is 2.37. The number of aryl methyl sites for hydroxylation is 2. The average Bonchev–Trinajstić information content (AvgIpc) is 2.73. The van der Waals surface area contributed by atoms with Gasteiger partial charge in [0.1, 0.15) is 0 Å². The number of benzene rings is 1. The highest BCUT2D eigenvalue weighted by Gasteiger charge is 2.22. The molecular weight excluding hydrogens is 266 g/mol. The number of aliphatic hydroxyl groups excluding tert-OH is 1. The van der Waals surface area contributed by atoms with Gasteiger partial charge in [0.05, 0.1) is 0 Å². The van der Waals surface area contributed by atoms with Gasteiger partial charge in [-0.2, -0.15) is 0 Å². The number of nitrogens with zero attached hydrogens (tertiary/aromatic N) is 1. The quantitative estimate of drug-likeness (QED) is 0.902. The number of aliphatic hydroxyl groups is 1. The van der Waals surface area contributed by atoms with Crippen molar-refractivity contribution in [3.63, 3.8) is 0 Å². The Morgan fingerprint density at radius 1 is 1.38 bits per heavy atom. The van der Waals surface area contributed by atoms with Gasteiger partial charge in [0.15, 0.2) is 0 Å². The summed E-state index contributed by atoms with van der Waals surface area (Å²) in [5, 5.41) is 9.15. The zero-order valence-electron chi connectivity index (χ0n) is 9.83. The largest absolute Gasteiger partial charge is 0.396 e. The Morgan fingerprint density at radius 3 is 2.50 bits per heavy atom. The number of hydrogen-bond donors (Lipinski definition) is 1. The van der Waals surface area contributed by atoms with E-state index in [1.165, 1.54) is 21.3 Å². The molecule has 0 bridgehead atoms. The maximum atomic E-state index is 9.15. The summed E-state index contributed by atoms with van der Waals surface area (Å²) >= 11 is 3.59.